The van der Waals surface area contributed by atoms with Gasteiger partial charge in [-0.15, -0.1) is 0 Å². The summed E-state index contributed by atoms with van der Waals surface area (Å²) in [4.78, 5) is 35.9. The Bertz CT molecular complexity index is 343. The number of carboxylic acids is 1. The molecular weight excluding hydrogens is 238 g/mol. The molecule has 1 aromatic rings. The number of aldehydes is 2. The molecule has 100 valence electrons. The van der Waals surface area contributed by atoms with E-state index in [0.29, 0.717) is 19.3 Å². The number of hydrogen-bond donors (Lipinski definition) is 3. The predicted octanol–water partition coefficient (Wildman–Crippen LogP) is -0.0814. The van der Waals surface area contributed by atoms with E-state index in [1.807, 2.05) is 0 Å². The average molecular weight is 255 g/mol. The molecule has 0 radical (unpaired) electrons. The molecule has 0 aliphatic rings. The summed E-state index contributed by atoms with van der Waals surface area (Å²) in [7, 11) is 0. The summed E-state index contributed by atoms with van der Waals surface area (Å²) in [5.41, 5.74) is 6.00. The fraction of sp³-hybridized carbons (Fsp3) is 0.455. The van der Waals surface area contributed by atoms with Crippen molar-refractivity contribution >= 4 is 18.5 Å². The minimum absolute atomic E-state index is 0.287. The molecule has 0 aliphatic heterocycles. The number of aromatic nitrogens is 2. The fourth-order valence-electron chi connectivity index (χ4n) is 1.01. The van der Waals surface area contributed by atoms with Gasteiger partial charge in [-0.25, -0.2) is 4.98 Å². The van der Waals surface area contributed by atoms with Gasteiger partial charge >= 0.3 is 5.97 Å². The monoisotopic (exact) mass is 255 g/mol. The molecule has 1 aromatic heterocycles. The van der Waals surface area contributed by atoms with Crippen molar-refractivity contribution in [2.75, 3.05) is 0 Å². The van der Waals surface area contributed by atoms with Gasteiger partial charge in [0.2, 0.25) is 0 Å². The van der Waals surface area contributed by atoms with Gasteiger partial charge in [0, 0.05) is 31.2 Å². The quantitative estimate of drug-likeness (QED) is 0.462. The number of nitrogens with zero attached hydrogens (tertiary/aromatic N) is 1. The number of carboxylic acid groups (broad SMARTS) is 1. The third-order valence-electron chi connectivity index (χ3n) is 1.96. The first-order valence-corrected chi connectivity index (χ1v) is 5.44. The minimum atomic E-state index is -1.00. The summed E-state index contributed by atoms with van der Waals surface area (Å²) >= 11 is 0. The lowest BCUT2D eigenvalue weighted by atomic mass is 10.2. The van der Waals surface area contributed by atoms with Gasteiger partial charge in [0.15, 0.2) is 0 Å². The molecule has 7 heteroatoms. The van der Waals surface area contributed by atoms with Crippen molar-refractivity contribution in [3.8, 4) is 0 Å². The lowest BCUT2D eigenvalue weighted by Crippen LogP contribution is -2.32. The number of nitrogens with two attached hydrogens (primary N) is 1. The van der Waals surface area contributed by atoms with Gasteiger partial charge in [0.25, 0.3) is 0 Å². The third kappa shape index (κ3) is 8.17. The average Bonchev–Trinajstić information content (AvgIpc) is 2.83. The van der Waals surface area contributed by atoms with Crippen LogP contribution in [0.15, 0.2) is 12.5 Å². The standard InChI is InChI=1S/C6H9N3O2.C5H8O2/c7-5(6(10)11)1-4-2-8-3-9-4;6-4-2-1-3-5-7/h2-3,5H,1,7H2,(H,8,9)(H,10,11);4-5H,1-3H2/t5-;/m0./s1. The van der Waals surface area contributed by atoms with Gasteiger partial charge in [-0.2, -0.15) is 0 Å². The van der Waals surface area contributed by atoms with Crippen molar-refractivity contribution in [3.05, 3.63) is 18.2 Å². The Kier molecular flexibility index (Phi) is 9.01. The first kappa shape index (κ1) is 16.0. The SMILES string of the molecule is N[C@@H](Cc1cnc[nH]1)C(=O)O.O=CCCCC=O. The summed E-state index contributed by atoms with van der Waals surface area (Å²) < 4.78 is 0. The Balaban J connectivity index is 0.000000360. The maximum Gasteiger partial charge on any atom is 0.320 e. The molecular formula is C11H17N3O4. The number of H-pyrrole nitrogens is 1. The molecule has 7 nitrogen and oxygen atoms in total. The van der Waals surface area contributed by atoms with Gasteiger partial charge in [-0.3, -0.25) is 4.79 Å². The molecule has 0 spiro atoms. The summed E-state index contributed by atoms with van der Waals surface area (Å²) in [5, 5.41) is 8.42. The topological polar surface area (TPSA) is 126 Å². The van der Waals surface area contributed by atoms with Crippen molar-refractivity contribution in [3.63, 3.8) is 0 Å². The lowest BCUT2D eigenvalue weighted by molar-refractivity contribution is -0.138. The van der Waals surface area contributed by atoms with Crippen molar-refractivity contribution in [1.82, 2.24) is 9.97 Å². The van der Waals surface area contributed by atoms with E-state index in [-0.39, 0.29) is 6.42 Å². The minimum Gasteiger partial charge on any atom is -0.480 e. The second-order valence-electron chi connectivity index (χ2n) is 3.49. The highest BCUT2D eigenvalue weighted by Gasteiger charge is 2.11. The third-order valence-corrected chi connectivity index (χ3v) is 1.96. The van der Waals surface area contributed by atoms with Crippen LogP contribution in [0.1, 0.15) is 25.0 Å². The molecule has 0 aromatic carbocycles. The van der Waals surface area contributed by atoms with Crippen LogP contribution in [0, 0.1) is 0 Å². The van der Waals surface area contributed by atoms with Crippen LogP contribution in [0.2, 0.25) is 0 Å². The Labute approximate surface area is 104 Å². The van der Waals surface area contributed by atoms with Crippen LogP contribution in [0.4, 0.5) is 0 Å². The summed E-state index contributed by atoms with van der Waals surface area (Å²) in [5.74, 6) is -1.00. The normalized spacial score (nSPS) is 10.9. The van der Waals surface area contributed by atoms with E-state index in [1.165, 1.54) is 6.33 Å². The van der Waals surface area contributed by atoms with Crippen LogP contribution in [-0.4, -0.2) is 39.7 Å². The summed E-state index contributed by atoms with van der Waals surface area (Å²) in [6.45, 7) is 0. The van der Waals surface area contributed by atoms with Crippen molar-refractivity contribution in [2.45, 2.75) is 31.7 Å². The maximum atomic E-state index is 10.3. The van der Waals surface area contributed by atoms with E-state index >= 15 is 0 Å². The van der Waals surface area contributed by atoms with Crippen molar-refractivity contribution in [2.24, 2.45) is 5.73 Å². The highest BCUT2D eigenvalue weighted by atomic mass is 16.4. The molecule has 1 heterocycles. The Hall–Kier alpha value is -2.02. The Morgan fingerprint density at radius 3 is 2.44 bits per heavy atom. The highest BCUT2D eigenvalue weighted by Crippen LogP contribution is 1.95. The maximum absolute atomic E-state index is 10.3. The lowest BCUT2D eigenvalue weighted by Gasteiger charge is -2.02. The molecule has 0 bridgehead atoms. The number of aromatic amines is 1. The van der Waals surface area contributed by atoms with E-state index in [1.54, 1.807) is 6.20 Å². The Morgan fingerprint density at radius 2 is 2.06 bits per heavy atom. The molecule has 0 unspecified atom stereocenters. The first-order chi connectivity index (χ1) is 8.61. The van der Waals surface area contributed by atoms with Gasteiger partial charge < -0.3 is 25.4 Å². The molecule has 0 saturated carbocycles. The first-order valence-electron chi connectivity index (χ1n) is 5.44. The van der Waals surface area contributed by atoms with Crippen LogP contribution < -0.4 is 5.73 Å². The molecule has 1 atom stereocenters. The molecule has 0 saturated heterocycles. The van der Waals surface area contributed by atoms with Gasteiger partial charge in [-0.05, 0) is 6.42 Å². The van der Waals surface area contributed by atoms with Crippen LogP contribution in [-0.2, 0) is 20.8 Å². The molecule has 4 N–H and O–H groups in total. The zero-order valence-corrected chi connectivity index (χ0v) is 9.91. The smallest absolute Gasteiger partial charge is 0.320 e. The zero-order chi connectivity index (χ0) is 13.8. The van der Waals surface area contributed by atoms with Crippen LogP contribution in [0.3, 0.4) is 0 Å². The number of rotatable bonds is 7. The van der Waals surface area contributed by atoms with E-state index < -0.39 is 12.0 Å². The van der Waals surface area contributed by atoms with Gasteiger partial charge in [0.05, 0.1) is 6.33 Å². The summed E-state index contributed by atoms with van der Waals surface area (Å²) in [6.07, 6.45) is 6.71. The number of carbonyl (C=O) groups excluding carboxylic acids is 2. The summed E-state index contributed by atoms with van der Waals surface area (Å²) in [6, 6.07) is -0.851. The van der Waals surface area contributed by atoms with Crippen molar-refractivity contribution in [1.29, 1.82) is 0 Å². The second kappa shape index (κ2) is 10.2. The predicted molar refractivity (Wildman–Crippen MR) is 63.9 cm³/mol. The van der Waals surface area contributed by atoms with E-state index in [0.717, 1.165) is 18.3 Å². The molecule has 0 aliphatic carbocycles. The fourth-order valence-corrected chi connectivity index (χ4v) is 1.01. The number of imidazole rings is 1. The van der Waals surface area contributed by atoms with Crippen LogP contribution >= 0.6 is 0 Å². The number of hydrogen-bond acceptors (Lipinski definition) is 5. The zero-order valence-electron chi connectivity index (χ0n) is 9.91. The largest absolute Gasteiger partial charge is 0.480 e. The van der Waals surface area contributed by atoms with E-state index in [2.05, 4.69) is 9.97 Å². The number of unbranched alkanes of at least 4 members (excludes halogenated alkanes) is 2. The number of carbonyl (C=O) groups is 3. The van der Waals surface area contributed by atoms with Crippen molar-refractivity contribution < 1.29 is 19.5 Å². The van der Waals surface area contributed by atoms with Crippen LogP contribution in [0.25, 0.3) is 0 Å². The van der Waals surface area contributed by atoms with Crippen LogP contribution in [0.5, 0.6) is 0 Å². The second-order valence-corrected chi connectivity index (χ2v) is 3.49. The molecule has 1 rings (SSSR count). The van der Waals surface area contributed by atoms with Gasteiger partial charge in [0.1, 0.15) is 18.6 Å². The molecule has 0 fully saturated rings. The molecule has 18 heavy (non-hydrogen) atoms. The number of nitrogens with one attached hydrogen (secondary N) is 1. The Morgan fingerprint density at radius 1 is 1.44 bits per heavy atom. The number of aliphatic carboxylic acids is 1. The van der Waals surface area contributed by atoms with Gasteiger partial charge in [-0.1, -0.05) is 0 Å². The molecule has 0 amide bonds. The van der Waals surface area contributed by atoms with E-state index in [4.69, 9.17) is 10.8 Å². The van der Waals surface area contributed by atoms with E-state index in [9.17, 15) is 14.4 Å². The highest BCUT2D eigenvalue weighted by molar-refractivity contribution is 5.73.